The lowest BCUT2D eigenvalue weighted by atomic mass is 10.1. The van der Waals surface area contributed by atoms with Gasteiger partial charge in [0.1, 0.15) is 0 Å². The van der Waals surface area contributed by atoms with Gasteiger partial charge in [0.2, 0.25) is 5.91 Å². The Morgan fingerprint density at radius 2 is 2.00 bits per heavy atom. The average Bonchev–Trinajstić information content (AvgIpc) is 2.61. The highest BCUT2D eigenvalue weighted by Crippen LogP contribution is 2.20. The maximum atomic E-state index is 12.3. The molecule has 26 heavy (non-hydrogen) atoms. The molecular weight excluding hydrogens is 354 g/mol. The molecule has 0 aliphatic heterocycles. The van der Waals surface area contributed by atoms with Crippen LogP contribution >= 0.6 is 11.8 Å². The van der Waals surface area contributed by atoms with Crippen LogP contribution in [0.4, 0.5) is 5.69 Å². The number of esters is 1. The molecule has 2 aromatic rings. The van der Waals surface area contributed by atoms with Gasteiger partial charge in [0, 0.05) is 11.8 Å². The second kappa shape index (κ2) is 9.19. The van der Waals surface area contributed by atoms with Gasteiger partial charge in [-0.25, -0.2) is 4.98 Å². The first-order valence-corrected chi connectivity index (χ1v) is 9.02. The van der Waals surface area contributed by atoms with E-state index in [9.17, 15) is 14.4 Å². The number of nitrogens with zero attached hydrogens (tertiary/aromatic N) is 1. The molecule has 1 aromatic carbocycles. The number of benzene rings is 1. The predicted molar refractivity (Wildman–Crippen MR) is 100 cm³/mol. The lowest BCUT2D eigenvalue weighted by Crippen LogP contribution is -2.23. The molecule has 0 spiro atoms. The van der Waals surface area contributed by atoms with E-state index >= 15 is 0 Å². The quantitative estimate of drug-likeness (QED) is 0.437. The van der Waals surface area contributed by atoms with E-state index < -0.39 is 11.2 Å². The van der Waals surface area contributed by atoms with Gasteiger partial charge in [-0.05, 0) is 31.0 Å². The fourth-order valence-corrected chi connectivity index (χ4v) is 2.97. The Morgan fingerprint density at radius 1 is 1.31 bits per heavy atom. The molecule has 2 N–H and O–H groups in total. The van der Waals surface area contributed by atoms with Gasteiger partial charge in [-0.15, -0.1) is 0 Å². The minimum atomic E-state index is -0.489. The van der Waals surface area contributed by atoms with Crippen molar-refractivity contribution in [2.24, 2.45) is 0 Å². The van der Waals surface area contributed by atoms with Crippen molar-refractivity contribution in [1.82, 2.24) is 9.97 Å². The zero-order valence-corrected chi connectivity index (χ0v) is 15.7. The Kier molecular flexibility index (Phi) is 6.97. The van der Waals surface area contributed by atoms with Crippen LogP contribution in [-0.4, -0.2) is 34.2 Å². The molecule has 8 heteroatoms. The van der Waals surface area contributed by atoms with Crippen molar-refractivity contribution in [3.8, 4) is 0 Å². The molecule has 0 bridgehead atoms. The number of hydrogen-bond donors (Lipinski definition) is 2. The summed E-state index contributed by atoms with van der Waals surface area (Å²) in [6.07, 6.45) is 0.833. The molecule has 0 unspecified atom stereocenters. The SMILES string of the molecule is CCc1ccc(NC(=O)[C@@H](C)Sc2nc(CC(=O)OC)cc(=O)[nH]2)cc1. The molecule has 0 saturated carbocycles. The fraction of sp³-hybridized carbons (Fsp3) is 0.333. The zero-order chi connectivity index (χ0) is 19.1. The van der Waals surface area contributed by atoms with Crippen LogP contribution in [0.3, 0.4) is 0 Å². The van der Waals surface area contributed by atoms with E-state index in [1.165, 1.54) is 18.7 Å². The molecule has 0 saturated heterocycles. The van der Waals surface area contributed by atoms with Crippen molar-refractivity contribution < 1.29 is 14.3 Å². The summed E-state index contributed by atoms with van der Waals surface area (Å²) in [6.45, 7) is 3.78. The molecule has 1 amide bonds. The highest BCUT2D eigenvalue weighted by atomic mass is 32.2. The van der Waals surface area contributed by atoms with Crippen LogP contribution in [-0.2, 0) is 27.2 Å². The Bertz CT molecular complexity index is 833. The van der Waals surface area contributed by atoms with Crippen molar-refractivity contribution in [3.05, 3.63) is 51.9 Å². The minimum absolute atomic E-state index is 0.0989. The standard InChI is InChI=1S/C18H21N3O4S/c1-4-12-5-7-13(8-6-12)19-17(24)11(2)26-18-20-14(9-15(22)21-18)10-16(23)25-3/h5-9,11H,4,10H2,1-3H3,(H,19,24)(H,20,21,22)/t11-/m1/s1. The molecule has 138 valence electrons. The van der Waals surface area contributed by atoms with E-state index in [1.807, 2.05) is 24.3 Å². The number of anilines is 1. The summed E-state index contributed by atoms with van der Waals surface area (Å²) in [5.74, 6) is -0.694. The first kappa shape index (κ1) is 19.7. The Balaban J connectivity index is 2.03. The predicted octanol–water partition coefficient (Wildman–Crippen LogP) is 2.17. The molecule has 0 fully saturated rings. The smallest absolute Gasteiger partial charge is 0.311 e. The zero-order valence-electron chi connectivity index (χ0n) is 14.9. The second-order valence-electron chi connectivity index (χ2n) is 5.59. The van der Waals surface area contributed by atoms with Crippen molar-refractivity contribution in [2.45, 2.75) is 37.1 Å². The second-order valence-corrected chi connectivity index (χ2v) is 6.92. The molecule has 2 rings (SSSR count). The summed E-state index contributed by atoms with van der Waals surface area (Å²) in [5, 5.41) is 2.62. The summed E-state index contributed by atoms with van der Waals surface area (Å²) in [4.78, 5) is 42.2. The van der Waals surface area contributed by atoms with Crippen molar-refractivity contribution in [3.63, 3.8) is 0 Å². The third-order valence-corrected chi connectivity index (χ3v) is 4.60. The van der Waals surface area contributed by atoms with Gasteiger partial charge in [0.25, 0.3) is 5.56 Å². The van der Waals surface area contributed by atoms with Crippen LogP contribution in [0.5, 0.6) is 0 Å². The van der Waals surface area contributed by atoms with Crippen LogP contribution in [0, 0.1) is 0 Å². The third-order valence-electron chi connectivity index (χ3n) is 3.61. The van der Waals surface area contributed by atoms with Crippen molar-refractivity contribution in [2.75, 3.05) is 12.4 Å². The van der Waals surface area contributed by atoms with Gasteiger partial charge < -0.3 is 15.0 Å². The average molecular weight is 375 g/mol. The molecule has 1 aromatic heterocycles. The number of thioether (sulfide) groups is 1. The number of methoxy groups -OCH3 is 1. The van der Waals surface area contributed by atoms with Crippen LogP contribution in [0.15, 0.2) is 40.3 Å². The van der Waals surface area contributed by atoms with Crippen molar-refractivity contribution >= 4 is 29.3 Å². The number of ether oxygens (including phenoxy) is 1. The number of hydrogen-bond acceptors (Lipinski definition) is 6. The minimum Gasteiger partial charge on any atom is -0.469 e. The van der Waals surface area contributed by atoms with Crippen LogP contribution in [0.2, 0.25) is 0 Å². The maximum absolute atomic E-state index is 12.3. The monoisotopic (exact) mass is 375 g/mol. The lowest BCUT2D eigenvalue weighted by molar-refractivity contribution is -0.139. The number of nitrogens with one attached hydrogen (secondary N) is 2. The van der Waals surface area contributed by atoms with Gasteiger partial charge in [-0.2, -0.15) is 0 Å². The number of aromatic amines is 1. The summed E-state index contributed by atoms with van der Waals surface area (Å²) in [6, 6.07) is 8.86. The lowest BCUT2D eigenvalue weighted by Gasteiger charge is -2.12. The van der Waals surface area contributed by atoms with Gasteiger partial charge in [-0.3, -0.25) is 14.4 Å². The first-order chi connectivity index (χ1) is 12.4. The normalized spacial score (nSPS) is 11.7. The maximum Gasteiger partial charge on any atom is 0.311 e. The van der Waals surface area contributed by atoms with Gasteiger partial charge in [0.05, 0.1) is 24.5 Å². The number of aryl methyl sites for hydroxylation is 1. The van der Waals surface area contributed by atoms with E-state index in [1.54, 1.807) is 6.92 Å². The number of aromatic nitrogens is 2. The van der Waals surface area contributed by atoms with Crippen LogP contribution < -0.4 is 10.9 Å². The largest absolute Gasteiger partial charge is 0.469 e. The topological polar surface area (TPSA) is 101 Å². The van der Waals surface area contributed by atoms with Gasteiger partial charge in [0.15, 0.2) is 5.16 Å². The van der Waals surface area contributed by atoms with E-state index in [0.717, 1.165) is 18.2 Å². The third kappa shape index (κ3) is 5.73. The Labute approximate surface area is 155 Å². The highest BCUT2D eigenvalue weighted by molar-refractivity contribution is 8.00. The highest BCUT2D eigenvalue weighted by Gasteiger charge is 2.17. The molecule has 0 radical (unpaired) electrons. The molecular formula is C18H21N3O4S. The number of H-pyrrole nitrogens is 1. The summed E-state index contributed by atoms with van der Waals surface area (Å²) < 4.78 is 4.57. The van der Waals surface area contributed by atoms with E-state index in [4.69, 9.17) is 0 Å². The molecule has 1 atom stereocenters. The van der Waals surface area contributed by atoms with Gasteiger partial charge >= 0.3 is 5.97 Å². The van der Waals surface area contributed by atoms with Crippen molar-refractivity contribution in [1.29, 1.82) is 0 Å². The fourth-order valence-electron chi connectivity index (χ4n) is 2.14. The number of carbonyl (C=O) groups excluding carboxylic acids is 2. The first-order valence-electron chi connectivity index (χ1n) is 8.14. The molecule has 7 nitrogen and oxygen atoms in total. The van der Waals surface area contributed by atoms with Gasteiger partial charge in [-0.1, -0.05) is 30.8 Å². The summed E-state index contributed by atoms with van der Waals surface area (Å²) >= 11 is 1.11. The number of rotatable bonds is 7. The molecule has 0 aliphatic rings. The summed E-state index contributed by atoms with van der Waals surface area (Å²) in [5.41, 5.74) is 1.81. The van der Waals surface area contributed by atoms with Crippen LogP contribution in [0.1, 0.15) is 25.1 Å². The number of carbonyl (C=O) groups is 2. The number of amides is 1. The summed E-state index contributed by atoms with van der Waals surface area (Å²) in [7, 11) is 1.27. The molecule has 1 heterocycles. The van der Waals surface area contributed by atoms with Crippen LogP contribution in [0.25, 0.3) is 0 Å². The Hall–Kier alpha value is -2.61. The van der Waals surface area contributed by atoms with E-state index in [-0.39, 0.29) is 23.0 Å². The Morgan fingerprint density at radius 3 is 2.62 bits per heavy atom. The molecule has 0 aliphatic carbocycles. The van der Waals surface area contributed by atoms with E-state index in [2.05, 4.69) is 26.9 Å². The van der Waals surface area contributed by atoms with E-state index in [0.29, 0.717) is 11.4 Å².